The van der Waals surface area contributed by atoms with E-state index in [1.54, 1.807) is 54.6 Å². The number of benzene rings is 3. The van der Waals surface area contributed by atoms with Crippen LogP contribution in [0.25, 0.3) is 0 Å². The number of carbonyl (C=O) groups excluding carboxylic acids is 1. The van der Waals surface area contributed by atoms with Gasteiger partial charge in [0.25, 0.3) is 15.9 Å². The standard InChI is InChI=1S/C19H15ClN2O3S/c20-14-7-6-10-16(13-14)26(24,25)22-18-12-5-4-11-17(18)19(23)21-15-8-2-1-3-9-15/h1-13,22H,(H,21,23). The second-order valence-electron chi connectivity index (χ2n) is 5.43. The SMILES string of the molecule is O=C(Nc1ccccc1)c1ccccc1NS(=O)(=O)c1cccc(Cl)c1. The number of anilines is 2. The maximum atomic E-state index is 12.6. The van der Waals surface area contributed by atoms with Crippen molar-refractivity contribution in [2.75, 3.05) is 10.0 Å². The number of para-hydroxylation sites is 2. The van der Waals surface area contributed by atoms with Crippen LogP contribution in [-0.2, 0) is 10.0 Å². The predicted octanol–water partition coefficient (Wildman–Crippen LogP) is 4.39. The molecule has 26 heavy (non-hydrogen) atoms. The minimum absolute atomic E-state index is 0.0169. The van der Waals surface area contributed by atoms with Crippen LogP contribution in [0.5, 0.6) is 0 Å². The van der Waals surface area contributed by atoms with Crippen molar-refractivity contribution in [2.24, 2.45) is 0 Å². The van der Waals surface area contributed by atoms with E-state index in [1.807, 2.05) is 6.07 Å². The number of amides is 1. The molecule has 0 aliphatic carbocycles. The molecule has 0 heterocycles. The van der Waals surface area contributed by atoms with Crippen LogP contribution in [0.1, 0.15) is 10.4 Å². The molecular weight excluding hydrogens is 372 g/mol. The summed E-state index contributed by atoms with van der Waals surface area (Å²) in [6.45, 7) is 0. The summed E-state index contributed by atoms with van der Waals surface area (Å²) in [5.74, 6) is -0.416. The van der Waals surface area contributed by atoms with Crippen molar-refractivity contribution in [3.8, 4) is 0 Å². The molecule has 0 fully saturated rings. The largest absolute Gasteiger partial charge is 0.322 e. The molecule has 3 rings (SSSR count). The predicted molar refractivity (Wildman–Crippen MR) is 103 cm³/mol. The van der Waals surface area contributed by atoms with Crippen molar-refractivity contribution >= 4 is 38.9 Å². The number of sulfonamides is 1. The third-order valence-corrected chi connectivity index (χ3v) is 5.15. The summed E-state index contributed by atoms with van der Waals surface area (Å²) < 4.78 is 27.6. The Balaban J connectivity index is 1.89. The van der Waals surface area contributed by atoms with Crippen LogP contribution in [0.15, 0.2) is 83.8 Å². The molecule has 0 saturated heterocycles. The Kier molecular flexibility index (Phi) is 5.25. The van der Waals surface area contributed by atoms with Crippen LogP contribution in [0.4, 0.5) is 11.4 Å². The Morgan fingerprint density at radius 2 is 1.54 bits per heavy atom. The average Bonchev–Trinajstić information content (AvgIpc) is 2.62. The molecule has 0 spiro atoms. The molecule has 7 heteroatoms. The molecule has 0 aliphatic heterocycles. The van der Waals surface area contributed by atoms with E-state index in [-0.39, 0.29) is 16.1 Å². The normalized spacial score (nSPS) is 11.0. The fourth-order valence-electron chi connectivity index (χ4n) is 2.33. The topological polar surface area (TPSA) is 75.3 Å². The lowest BCUT2D eigenvalue weighted by atomic mass is 10.1. The second kappa shape index (κ2) is 7.59. The minimum Gasteiger partial charge on any atom is -0.322 e. The zero-order valence-electron chi connectivity index (χ0n) is 13.5. The first-order valence-electron chi connectivity index (χ1n) is 7.69. The monoisotopic (exact) mass is 386 g/mol. The smallest absolute Gasteiger partial charge is 0.261 e. The van der Waals surface area contributed by atoms with Crippen molar-refractivity contribution in [3.05, 3.63) is 89.4 Å². The molecule has 2 N–H and O–H groups in total. The quantitative estimate of drug-likeness (QED) is 0.682. The fraction of sp³-hybridized carbons (Fsp3) is 0. The number of rotatable bonds is 5. The highest BCUT2D eigenvalue weighted by molar-refractivity contribution is 7.92. The average molecular weight is 387 g/mol. The van der Waals surface area contributed by atoms with E-state index in [9.17, 15) is 13.2 Å². The lowest BCUT2D eigenvalue weighted by Gasteiger charge is -2.13. The molecule has 5 nitrogen and oxygen atoms in total. The first-order chi connectivity index (χ1) is 12.5. The van der Waals surface area contributed by atoms with Gasteiger partial charge in [0, 0.05) is 10.7 Å². The van der Waals surface area contributed by atoms with Gasteiger partial charge in [-0.3, -0.25) is 9.52 Å². The lowest BCUT2D eigenvalue weighted by Crippen LogP contribution is -2.18. The van der Waals surface area contributed by atoms with E-state index < -0.39 is 15.9 Å². The molecule has 0 saturated carbocycles. The molecule has 132 valence electrons. The van der Waals surface area contributed by atoms with Crippen molar-refractivity contribution in [3.63, 3.8) is 0 Å². The summed E-state index contributed by atoms with van der Waals surface area (Å²) in [6.07, 6.45) is 0. The highest BCUT2D eigenvalue weighted by Gasteiger charge is 2.19. The van der Waals surface area contributed by atoms with E-state index in [1.165, 1.54) is 18.2 Å². The molecule has 0 aliphatic rings. The molecule has 0 atom stereocenters. The van der Waals surface area contributed by atoms with Crippen LogP contribution >= 0.6 is 11.6 Å². The summed E-state index contributed by atoms with van der Waals surface area (Å²) in [4.78, 5) is 12.6. The van der Waals surface area contributed by atoms with Gasteiger partial charge in [-0.15, -0.1) is 0 Å². The Morgan fingerprint density at radius 1 is 0.846 bits per heavy atom. The van der Waals surface area contributed by atoms with Gasteiger partial charge in [0.05, 0.1) is 16.1 Å². The maximum absolute atomic E-state index is 12.6. The van der Waals surface area contributed by atoms with E-state index in [2.05, 4.69) is 10.0 Å². The Labute approximate surface area is 156 Å². The molecule has 3 aromatic rings. The van der Waals surface area contributed by atoms with Gasteiger partial charge in [-0.05, 0) is 42.5 Å². The van der Waals surface area contributed by atoms with Crippen LogP contribution < -0.4 is 10.0 Å². The highest BCUT2D eigenvalue weighted by Crippen LogP contribution is 2.23. The Bertz CT molecular complexity index is 1040. The number of hydrogen-bond acceptors (Lipinski definition) is 3. The van der Waals surface area contributed by atoms with Crippen LogP contribution in [0.3, 0.4) is 0 Å². The zero-order valence-corrected chi connectivity index (χ0v) is 15.1. The highest BCUT2D eigenvalue weighted by atomic mass is 35.5. The van der Waals surface area contributed by atoms with E-state index >= 15 is 0 Å². The number of halogens is 1. The van der Waals surface area contributed by atoms with Gasteiger partial charge in [-0.1, -0.05) is 48.0 Å². The molecule has 0 unspecified atom stereocenters. The van der Waals surface area contributed by atoms with Crippen molar-refractivity contribution in [1.29, 1.82) is 0 Å². The number of hydrogen-bond donors (Lipinski definition) is 2. The molecule has 0 bridgehead atoms. The van der Waals surface area contributed by atoms with E-state index in [0.717, 1.165) is 0 Å². The fourth-order valence-corrected chi connectivity index (χ4v) is 3.71. The first kappa shape index (κ1) is 18.0. The van der Waals surface area contributed by atoms with Crippen LogP contribution in [0, 0.1) is 0 Å². The number of nitrogens with one attached hydrogen (secondary N) is 2. The Morgan fingerprint density at radius 3 is 2.27 bits per heavy atom. The van der Waals surface area contributed by atoms with Gasteiger partial charge in [0.1, 0.15) is 0 Å². The summed E-state index contributed by atoms with van der Waals surface area (Å²) in [5.41, 5.74) is 1.01. The number of carbonyl (C=O) groups is 1. The first-order valence-corrected chi connectivity index (χ1v) is 9.56. The van der Waals surface area contributed by atoms with Gasteiger partial charge in [-0.2, -0.15) is 0 Å². The van der Waals surface area contributed by atoms with Gasteiger partial charge in [0.15, 0.2) is 0 Å². The van der Waals surface area contributed by atoms with Gasteiger partial charge >= 0.3 is 0 Å². The molecular formula is C19H15ClN2O3S. The molecule has 0 radical (unpaired) electrons. The van der Waals surface area contributed by atoms with Gasteiger partial charge < -0.3 is 5.32 Å². The van der Waals surface area contributed by atoms with Gasteiger partial charge in [0.2, 0.25) is 0 Å². The third kappa shape index (κ3) is 4.22. The maximum Gasteiger partial charge on any atom is 0.261 e. The van der Waals surface area contributed by atoms with Crippen molar-refractivity contribution in [1.82, 2.24) is 0 Å². The van der Waals surface area contributed by atoms with Crippen molar-refractivity contribution < 1.29 is 13.2 Å². The van der Waals surface area contributed by atoms with Gasteiger partial charge in [-0.25, -0.2) is 8.42 Å². The summed E-state index contributed by atoms with van der Waals surface area (Å²) in [7, 11) is -3.88. The Hall–Kier alpha value is -2.83. The summed E-state index contributed by atoms with van der Waals surface area (Å²) >= 11 is 5.87. The van der Waals surface area contributed by atoms with Crippen LogP contribution in [0.2, 0.25) is 5.02 Å². The van der Waals surface area contributed by atoms with Crippen LogP contribution in [-0.4, -0.2) is 14.3 Å². The summed E-state index contributed by atoms with van der Waals surface area (Å²) in [5, 5.41) is 3.05. The molecule has 1 amide bonds. The summed E-state index contributed by atoms with van der Waals surface area (Å²) in [6, 6.07) is 21.2. The third-order valence-electron chi connectivity index (χ3n) is 3.55. The lowest BCUT2D eigenvalue weighted by molar-refractivity contribution is 0.102. The zero-order chi connectivity index (χ0) is 18.6. The molecule has 0 aromatic heterocycles. The van der Waals surface area contributed by atoms with Crippen molar-refractivity contribution in [2.45, 2.75) is 4.90 Å². The van der Waals surface area contributed by atoms with E-state index in [0.29, 0.717) is 10.7 Å². The minimum atomic E-state index is -3.88. The molecule has 3 aromatic carbocycles. The second-order valence-corrected chi connectivity index (χ2v) is 7.55. The van der Waals surface area contributed by atoms with E-state index in [4.69, 9.17) is 11.6 Å².